The predicted molar refractivity (Wildman–Crippen MR) is 126 cm³/mol. The number of amides is 2. The van der Waals surface area contributed by atoms with Gasteiger partial charge in [-0.15, -0.1) is 11.3 Å². The zero-order valence-corrected chi connectivity index (χ0v) is 18.7. The Morgan fingerprint density at radius 2 is 1.94 bits per heavy atom. The molecular weight excluding hydrogens is 465 g/mol. The van der Waals surface area contributed by atoms with Crippen molar-refractivity contribution in [3.05, 3.63) is 82.3 Å². The van der Waals surface area contributed by atoms with Crippen LogP contribution in [-0.2, 0) is 16.1 Å². The third-order valence-corrected chi connectivity index (χ3v) is 6.80. The fourth-order valence-corrected chi connectivity index (χ4v) is 4.92. The minimum Gasteiger partial charge on any atom is -0.478 e. The van der Waals surface area contributed by atoms with E-state index in [0.29, 0.717) is 23.1 Å². The lowest BCUT2D eigenvalue weighted by Gasteiger charge is -2.31. The van der Waals surface area contributed by atoms with E-state index in [1.54, 1.807) is 6.07 Å². The zero-order chi connectivity index (χ0) is 23.4. The Morgan fingerprint density at radius 1 is 1.15 bits per heavy atom. The number of nitrogens with zero attached hydrogens (tertiary/aromatic N) is 2. The van der Waals surface area contributed by atoms with Crippen LogP contribution in [0.4, 0.5) is 15.8 Å². The standard InChI is InChI=1S/C23H18FN3O4S2/c24-15-6-8-16(9-7-15)26-23-27(13-18-5-2-10-32-18)20(28)12-19(33-23)21(29)25-17-4-1-3-14(11-17)22(30)31/h1-11,19H,12-13H2,(H,25,29)(H,30,31)/t19-/m1/s1. The molecule has 1 aliphatic rings. The number of nitrogens with one attached hydrogen (secondary N) is 1. The van der Waals surface area contributed by atoms with Crippen molar-refractivity contribution in [3.8, 4) is 0 Å². The molecule has 1 saturated heterocycles. The van der Waals surface area contributed by atoms with Crippen LogP contribution in [0.15, 0.2) is 71.0 Å². The SMILES string of the molecule is O=C(O)c1cccc(NC(=O)[C@H]2CC(=O)N(Cc3cccs3)C(=Nc3ccc(F)cc3)S2)c1. The fourth-order valence-electron chi connectivity index (χ4n) is 3.13. The Hall–Kier alpha value is -3.50. The molecule has 2 N–H and O–H groups in total. The van der Waals surface area contributed by atoms with Crippen molar-refractivity contribution >= 4 is 57.4 Å². The molecule has 0 unspecified atom stereocenters. The van der Waals surface area contributed by atoms with Crippen molar-refractivity contribution < 1.29 is 23.9 Å². The van der Waals surface area contributed by atoms with Gasteiger partial charge < -0.3 is 10.4 Å². The average molecular weight is 484 g/mol. The van der Waals surface area contributed by atoms with E-state index in [9.17, 15) is 18.8 Å². The molecule has 2 aromatic carbocycles. The summed E-state index contributed by atoms with van der Waals surface area (Å²) < 4.78 is 13.3. The molecule has 0 saturated carbocycles. The van der Waals surface area contributed by atoms with Gasteiger partial charge >= 0.3 is 5.97 Å². The first-order valence-corrected chi connectivity index (χ1v) is 11.6. The Labute approximate surface area is 197 Å². The Balaban J connectivity index is 1.58. The van der Waals surface area contributed by atoms with Gasteiger partial charge in [0, 0.05) is 17.0 Å². The number of hydrogen-bond donors (Lipinski definition) is 2. The largest absolute Gasteiger partial charge is 0.478 e. The van der Waals surface area contributed by atoms with E-state index in [0.717, 1.165) is 16.6 Å². The molecule has 0 spiro atoms. The van der Waals surface area contributed by atoms with Crippen molar-refractivity contribution in [1.82, 2.24) is 4.90 Å². The molecule has 1 aliphatic heterocycles. The first-order chi connectivity index (χ1) is 15.9. The molecule has 4 rings (SSSR count). The van der Waals surface area contributed by atoms with Gasteiger partial charge in [0.15, 0.2) is 5.17 Å². The molecule has 1 atom stereocenters. The first kappa shape index (κ1) is 22.7. The fraction of sp³-hybridized carbons (Fsp3) is 0.130. The molecular formula is C23H18FN3O4S2. The summed E-state index contributed by atoms with van der Waals surface area (Å²) in [6, 6.07) is 15.2. The van der Waals surface area contributed by atoms with Crippen LogP contribution >= 0.6 is 23.1 Å². The van der Waals surface area contributed by atoms with Gasteiger partial charge in [0.2, 0.25) is 11.8 Å². The van der Waals surface area contributed by atoms with Crippen molar-refractivity contribution in [2.24, 2.45) is 4.99 Å². The maximum absolute atomic E-state index is 13.3. The van der Waals surface area contributed by atoms with Crippen molar-refractivity contribution in [1.29, 1.82) is 0 Å². The van der Waals surface area contributed by atoms with Crippen LogP contribution in [0.1, 0.15) is 21.7 Å². The van der Waals surface area contributed by atoms with E-state index in [1.807, 2.05) is 17.5 Å². The normalized spacial score (nSPS) is 17.2. The van der Waals surface area contributed by atoms with Crippen LogP contribution < -0.4 is 5.32 Å². The van der Waals surface area contributed by atoms with E-state index in [-0.39, 0.29) is 17.9 Å². The van der Waals surface area contributed by atoms with Crippen LogP contribution in [0.25, 0.3) is 0 Å². The number of thiophene rings is 1. The maximum Gasteiger partial charge on any atom is 0.335 e. The molecule has 0 bridgehead atoms. The Bertz CT molecular complexity index is 1210. The summed E-state index contributed by atoms with van der Waals surface area (Å²) in [4.78, 5) is 44.1. The molecule has 2 amide bonds. The van der Waals surface area contributed by atoms with Crippen LogP contribution in [0, 0.1) is 5.82 Å². The lowest BCUT2D eigenvalue weighted by Crippen LogP contribution is -2.44. The lowest BCUT2D eigenvalue weighted by atomic mass is 10.2. The molecule has 168 valence electrons. The van der Waals surface area contributed by atoms with Gasteiger partial charge in [0.25, 0.3) is 0 Å². The highest BCUT2D eigenvalue weighted by Gasteiger charge is 2.36. The first-order valence-electron chi connectivity index (χ1n) is 9.87. The van der Waals surface area contributed by atoms with Gasteiger partial charge in [0.05, 0.1) is 17.8 Å². The second-order valence-electron chi connectivity index (χ2n) is 7.12. The number of amidine groups is 1. The van der Waals surface area contributed by atoms with Crippen LogP contribution in [-0.4, -0.2) is 38.2 Å². The predicted octanol–water partition coefficient (Wildman–Crippen LogP) is 4.75. The van der Waals surface area contributed by atoms with E-state index in [2.05, 4.69) is 10.3 Å². The monoisotopic (exact) mass is 483 g/mol. The molecule has 10 heteroatoms. The van der Waals surface area contributed by atoms with E-state index >= 15 is 0 Å². The third-order valence-electron chi connectivity index (χ3n) is 4.75. The summed E-state index contributed by atoms with van der Waals surface area (Å²) in [7, 11) is 0. The van der Waals surface area contributed by atoms with Gasteiger partial charge in [-0.1, -0.05) is 23.9 Å². The average Bonchev–Trinajstić information content (AvgIpc) is 3.31. The number of aromatic carboxylic acids is 1. The highest BCUT2D eigenvalue weighted by molar-refractivity contribution is 8.15. The van der Waals surface area contributed by atoms with Gasteiger partial charge in [-0.2, -0.15) is 0 Å². The number of carboxylic acid groups (broad SMARTS) is 1. The molecule has 2 heterocycles. The molecule has 1 fully saturated rings. The second-order valence-corrected chi connectivity index (χ2v) is 9.32. The quantitative estimate of drug-likeness (QED) is 0.527. The highest BCUT2D eigenvalue weighted by Crippen LogP contribution is 2.31. The summed E-state index contributed by atoms with van der Waals surface area (Å²) in [5.41, 5.74) is 0.824. The number of anilines is 1. The number of benzene rings is 2. The molecule has 33 heavy (non-hydrogen) atoms. The van der Waals surface area contributed by atoms with Crippen molar-refractivity contribution in [3.63, 3.8) is 0 Å². The van der Waals surface area contributed by atoms with Gasteiger partial charge in [0.1, 0.15) is 11.1 Å². The number of halogens is 1. The summed E-state index contributed by atoms with van der Waals surface area (Å²) in [5, 5.41) is 13.3. The minimum atomic E-state index is -1.11. The number of aliphatic imine (C=N–C) groups is 1. The van der Waals surface area contributed by atoms with Gasteiger partial charge in [-0.25, -0.2) is 14.2 Å². The number of thioether (sulfide) groups is 1. The lowest BCUT2D eigenvalue weighted by molar-refractivity contribution is -0.129. The zero-order valence-electron chi connectivity index (χ0n) is 17.1. The van der Waals surface area contributed by atoms with Crippen LogP contribution in [0.5, 0.6) is 0 Å². The Morgan fingerprint density at radius 3 is 2.64 bits per heavy atom. The van der Waals surface area contributed by atoms with Gasteiger partial charge in [-0.3, -0.25) is 14.5 Å². The van der Waals surface area contributed by atoms with E-state index in [4.69, 9.17) is 5.11 Å². The third kappa shape index (κ3) is 5.65. The van der Waals surface area contributed by atoms with E-state index in [1.165, 1.54) is 58.7 Å². The molecule has 0 radical (unpaired) electrons. The summed E-state index contributed by atoms with van der Waals surface area (Å²) in [6.07, 6.45) is -0.0388. The van der Waals surface area contributed by atoms with Crippen molar-refractivity contribution in [2.45, 2.75) is 18.2 Å². The van der Waals surface area contributed by atoms with Crippen molar-refractivity contribution in [2.75, 3.05) is 5.32 Å². The van der Waals surface area contributed by atoms with Gasteiger partial charge in [-0.05, 0) is 53.9 Å². The molecule has 7 nitrogen and oxygen atoms in total. The number of carbonyl (C=O) groups is 3. The summed E-state index contributed by atoms with van der Waals surface area (Å²) in [5.74, 6) is -2.20. The van der Waals surface area contributed by atoms with E-state index < -0.39 is 22.9 Å². The molecule has 1 aromatic heterocycles. The minimum absolute atomic E-state index is 0.0388. The number of rotatable bonds is 6. The topological polar surface area (TPSA) is 99.1 Å². The highest BCUT2D eigenvalue weighted by atomic mass is 32.2. The van der Waals surface area contributed by atoms with Crippen LogP contribution in [0.2, 0.25) is 0 Å². The molecule has 3 aromatic rings. The van der Waals surface area contributed by atoms with Crippen LogP contribution in [0.3, 0.4) is 0 Å². The maximum atomic E-state index is 13.3. The smallest absolute Gasteiger partial charge is 0.335 e. The number of carbonyl (C=O) groups excluding carboxylic acids is 2. The number of carboxylic acids is 1. The number of hydrogen-bond acceptors (Lipinski definition) is 6. The summed E-state index contributed by atoms with van der Waals surface area (Å²) in [6.45, 7) is 0.318. The summed E-state index contributed by atoms with van der Waals surface area (Å²) >= 11 is 2.65. The Kier molecular flexibility index (Phi) is 6.85. The molecule has 0 aliphatic carbocycles. The second kappa shape index (κ2) is 9.97.